The number of fused-ring (bicyclic) bond motifs is 1. The summed E-state index contributed by atoms with van der Waals surface area (Å²) in [6.45, 7) is 28.1. The van der Waals surface area contributed by atoms with Gasteiger partial charge < -0.3 is 20.7 Å². The number of primary amides is 1. The molecule has 0 aromatic heterocycles. The van der Waals surface area contributed by atoms with Crippen molar-refractivity contribution >= 4 is 11.8 Å². The Hall–Kier alpha value is -2.79. The predicted molar refractivity (Wildman–Crippen MR) is 164 cm³/mol. The zero-order valence-corrected chi connectivity index (χ0v) is 25.6. The van der Waals surface area contributed by atoms with E-state index < -0.39 is 6.09 Å². The summed E-state index contributed by atoms with van der Waals surface area (Å²) in [5, 5.41) is 3.37. The van der Waals surface area contributed by atoms with E-state index >= 15 is 0 Å². The molecule has 210 valence electrons. The summed E-state index contributed by atoms with van der Waals surface area (Å²) in [6.07, 6.45) is 1.52. The molecule has 1 heterocycles. The number of aryl methyl sites for hydroxylation is 1. The molecule has 0 fully saturated rings. The maximum absolute atomic E-state index is 9.81. The molecule has 3 N–H and O–H groups in total. The quantitative estimate of drug-likeness (QED) is 0.405. The van der Waals surface area contributed by atoms with Crippen molar-refractivity contribution in [1.82, 2.24) is 5.32 Å². The number of allylic oxidation sites excluding steroid dienone is 1. The van der Waals surface area contributed by atoms with E-state index in [0.29, 0.717) is 6.04 Å². The van der Waals surface area contributed by atoms with Crippen molar-refractivity contribution in [2.24, 2.45) is 5.73 Å². The fraction of sp³-hybridized carbons (Fsp3) is 0.531. The van der Waals surface area contributed by atoms with Crippen molar-refractivity contribution in [2.45, 2.75) is 108 Å². The highest BCUT2D eigenvalue weighted by atomic mass is 16.6. The highest BCUT2D eigenvalue weighted by Gasteiger charge is 2.23. The van der Waals surface area contributed by atoms with Gasteiger partial charge in [-0.15, -0.1) is 0 Å². The molecule has 0 saturated carbocycles. The van der Waals surface area contributed by atoms with Gasteiger partial charge in [-0.3, -0.25) is 0 Å². The summed E-state index contributed by atoms with van der Waals surface area (Å²) in [5.74, 6) is 0. The molecule has 0 aliphatic carbocycles. The topological polar surface area (TPSA) is 67.6 Å². The van der Waals surface area contributed by atoms with Crippen LogP contribution in [0.3, 0.4) is 0 Å². The Balaban J connectivity index is 0. The highest BCUT2D eigenvalue weighted by molar-refractivity contribution is 5.71. The lowest BCUT2D eigenvalue weighted by molar-refractivity contribution is 0.125. The Morgan fingerprint density at radius 1 is 1.05 bits per heavy atom. The summed E-state index contributed by atoms with van der Waals surface area (Å²) in [4.78, 5) is 12.2. The van der Waals surface area contributed by atoms with Gasteiger partial charge in [-0.1, -0.05) is 85.4 Å². The van der Waals surface area contributed by atoms with E-state index in [9.17, 15) is 4.79 Å². The molecule has 1 aliphatic heterocycles. The predicted octanol–water partition coefficient (Wildman–Crippen LogP) is 8.71. The number of carbonyl (C=O) groups excluding carboxylic acids is 1. The van der Waals surface area contributed by atoms with Crippen LogP contribution in [0.2, 0.25) is 0 Å². The van der Waals surface area contributed by atoms with Gasteiger partial charge in [-0.25, -0.2) is 4.79 Å². The van der Waals surface area contributed by atoms with E-state index in [1.54, 1.807) is 13.8 Å². The van der Waals surface area contributed by atoms with Crippen molar-refractivity contribution in [1.29, 1.82) is 0 Å². The van der Waals surface area contributed by atoms with Crippen LogP contribution < -0.4 is 16.0 Å². The third kappa shape index (κ3) is 13.4. The largest absolute Gasteiger partial charge is 0.447 e. The second-order valence-electron chi connectivity index (χ2n) is 8.30. The fourth-order valence-corrected chi connectivity index (χ4v) is 3.83. The number of amides is 1. The number of carbonyl (C=O) groups is 1. The Kier molecular flexibility index (Phi) is 20.9. The summed E-state index contributed by atoms with van der Waals surface area (Å²) in [5.41, 5.74) is 12.5. The molecule has 37 heavy (non-hydrogen) atoms. The lowest BCUT2D eigenvalue weighted by Crippen LogP contribution is -2.35. The minimum Gasteiger partial charge on any atom is -0.447 e. The summed E-state index contributed by atoms with van der Waals surface area (Å²) in [7, 11) is 0. The molecule has 1 aliphatic rings. The lowest BCUT2D eigenvalue weighted by Gasteiger charge is -2.37. The molecule has 5 heteroatoms. The number of nitrogens with two attached hydrogens (primary N) is 1. The first kappa shape index (κ1) is 36.4. The van der Waals surface area contributed by atoms with Crippen LogP contribution in [0, 0.1) is 0 Å². The summed E-state index contributed by atoms with van der Waals surface area (Å²) < 4.78 is 4.39. The third-order valence-electron chi connectivity index (χ3n) is 5.24. The van der Waals surface area contributed by atoms with Gasteiger partial charge in [-0.05, 0) is 81.5 Å². The van der Waals surface area contributed by atoms with Gasteiger partial charge >= 0.3 is 6.09 Å². The average molecular weight is 514 g/mol. The highest BCUT2D eigenvalue weighted by Crippen LogP contribution is 2.35. The second kappa shape index (κ2) is 21.3. The van der Waals surface area contributed by atoms with E-state index in [1.165, 1.54) is 34.4 Å². The Labute approximate surface area is 228 Å². The zero-order chi connectivity index (χ0) is 29.0. The molecule has 0 saturated heterocycles. The summed E-state index contributed by atoms with van der Waals surface area (Å²) >= 11 is 0. The average Bonchev–Trinajstić information content (AvgIpc) is 2.90. The molecule has 0 radical (unpaired) electrons. The van der Waals surface area contributed by atoms with Crippen LogP contribution in [0.1, 0.15) is 93.7 Å². The van der Waals surface area contributed by atoms with Gasteiger partial charge in [0.1, 0.15) is 0 Å². The van der Waals surface area contributed by atoms with Gasteiger partial charge in [0.05, 0.1) is 6.10 Å². The monoisotopic (exact) mass is 513 g/mol. The number of nitrogens with one attached hydrogen (secondary N) is 1. The number of hydrogen-bond donors (Lipinski definition) is 2. The number of nitrogens with zero attached hydrogens (tertiary/aromatic N) is 1. The van der Waals surface area contributed by atoms with Gasteiger partial charge in [0.15, 0.2) is 0 Å². The fourth-order valence-electron chi connectivity index (χ4n) is 3.83. The van der Waals surface area contributed by atoms with E-state index in [0.717, 1.165) is 25.2 Å². The minimum atomic E-state index is -0.713. The lowest BCUT2D eigenvalue weighted by atomic mass is 9.92. The summed E-state index contributed by atoms with van der Waals surface area (Å²) in [6, 6.07) is 16.3. The molecule has 1 atom stereocenters. The number of hydrogen-bond acceptors (Lipinski definition) is 4. The van der Waals surface area contributed by atoms with Crippen LogP contribution in [-0.4, -0.2) is 24.8 Å². The molecule has 1 amide bonds. The van der Waals surface area contributed by atoms with Crippen molar-refractivity contribution in [3.05, 3.63) is 65.9 Å². The van der Waals surface area contributed by atoms with Crippen LogP contribution in [0.5, 0.6) is 0 Å². The van der Waals surface area contributed by atoms with Crippen LogP contribution in [0.4, 0.5) is 10.5 Å². The van der Waals surface area contributed by atoms with Crippen LogP contribution in [0.15, 0.2) is 54.7 Å². The van der Waals surface area contributed by atoms with E-state index in [1.807, 2.05) is 41.5 Å². The Bertz CT molecular complexity index is 876. The van der Waals surface area contributed by atoms with Crippen LogP contribution in [-0.2, 0) is 17.7 Å². The maximum Gasteiger partial charge on any atom is 0.404 e. The first-order valence-electron chi connectivity index (χ1n) is 14.1. The van der Waals surface area contributed by atoms with Crippen molar-refractivity contribution < 1.29 is 9.53 Å². The molecular formula is C32H55N3O2. The number of benzene rings is 2. The Morgan fingerprint density at radius 2 is 1.59 bits per heavy atom. The second-order valence-corrected chi connectivity index (χ2v) is 8.30. The normalized spacial score (nSPS) is 13.1. The van der Waals surface area contributed by atoms with Crippen molar-refractivity contribution in [3.8, 4) is 11.1 Å². The SMILES string of the molecule is C=C(C)N1c2ccc(-c3ccc(CNCC)cc3)cc2CC[C@@H]1C.CC.CC.CC.CC(C)OC(N)=O. The van der Waals surface area contributed by atoms with Gasteiger partial charge in [0.2, 0.25) is 0 Å². The van der Waals surface area contributed by atoms with E-state index in [2.05, 4.69) is 90.5 Å². The minimum absolute atomic E-state index is 0.0995. The Morgan fingerprint density at radius 3 is 2.03 bits per heavy atom. The van der Waals surface area contributed by atoms with E-state index in [-0.39, 0.29) is 6.10 Å². The molecule has 2 aromatic carbocycles. The number of anilines is 1. The number of ether oxygens (including phenoxy) is 1. The first-order chi connectivity index (χ1) is 17.7. The molecule has 2 aromatic rings. The van der Waals surface area contributed by atoms with Crippen molar-refractivity contribution in [3.63, 3.8) is 0 Å². The molecule has 3 rings (SSSR count). The zero-order valence-electron chi connectivity index (χ0n) is 25.6. The molecule has 0 bridgehead atoms. The van der Waals surface area contributed by atoms with Crippen LogP contribution >= 0.6 is 0 Å². The van der Waals surface area contributed by atoms with Crippen molar-refractivity contribution in [2.75, 3.05) is 11.4 Å². The van der Waals surface area contributed by atoms with E-state index in [4.69, 9.17) is 0 Å². The van der Waals surface area contributed by atoms with Crippen LogP contribution in [0.25, 0.3) is 11.1 Å². The molecule has 5 nitrogen and oxygen atoms in total. The van der Waals surface area contributed by atoms with Gasteiger partial charge in [0, 0.05) is 24.0 Å². The molecule has 0 unspecified atom stereocenters. The molecular weight excluding hydrogens is 458 g/mol. The number of rotatable bonds is 6. The molecule has 0 spiro atoms. The van der Waals surface area contributed by atoms with Gasteiger partial charge in [0.25, 0.3) is 0 Å². The van der Waals surface area contributed by atoms with Gasteiger partial charge in [-0.2, -0.15) is 0 Å². The standard InChI is InChI=1S/C22H28N2.C4H9NO2.3C2H6/c1-5-23-15-18-7-10-19(11-8-18)20-12-13-22-21(14-20)9-6-17(4)24(22)16(2)3;1-3(2)7-4(5)6;3*1-2/h7-8,10-14,17,23H,2,5-6,9,15H2,1,3-4H3;3H,1-2H3,(H2,5,6);3*1-2H3/t17-;;;;/m0..../s1. The maximum atomic E-state index is 9.81. The smallest absolute Gasteiger partial charge is 0.404 e. The third-order valence-corrected chi connectivity index (χ3v) is 5.24. The first-order valence-corrected chi connectivity index (χ1v) is 14.1.